The maximum atomic E-state index is 9.51. The maximum Gasteiger partial charge on any atom is 0.191 e. The SMILES string of the molecule is CCNC(=NCC1(CCO)CCCCC1)NCCN1CCc2sccc2C1.I. The number of guanidine groups is 1. The average molecular weight is 521 g/mol. The number of nitrogens with zero attached hydrogens (tertiary/aromatic N) is 2. The highest BCUT2D eigenvalue weighted by molar-refractivity contribution is 14.0. The monoisotopic (exact) mass is 520 g/mol. The van der Waals surface area contributed by atoms with Gasteiger partial charge in [0.05, 0.1) is 0 Å². The highest BCUT2D eigenvalue weighted by Gasteiger charge is 2.31. The zero-order valence-electron chi connectivity index (χ0n) is 17.2. The van der Waals surface area contributed by atoms with Gasteiger partial charge in [0.15, 0.2) is 5.96 Å². The molecule has 0 aromatic carbocycles. The number of aliphatic hydroxyl groups excluding tert-OH is 1. The molecule has 7 heteroatoms. The van der Waals surface area contributed by atoms with Gasteiger partial charge in [0.1, 0.15) is 0 Å². The summed E-state index contributed by atoms with van der Waals surface area (Å²) in [6.45, 7) is 8.28. The number of aliphatic imine (C=N–C) groups is 1. The average Bonchev–Trinajstić information content (AvgIpc) is 3.15. The van der Waals surface area contributed by atoms with E-state index in [2.05, 4.69) is 33.9 Å². The Kier molecular flexibility index (Phi) is 10.5. The topological polar surface area (TPSA) is 59.9 Å². The van der Waals surface area contributed by atoms with Gasteiger partial charge in [0.25, 0.3) is 0 Å². The van der Waals surface area contributed by atoms with Crippen molar-refractivity contribution in [2.75, 3.05) is 39.3 Å². The molecular weight excluding hydrogens is 483 g/mol. The van der Waals surface area contributed by atoms with E-state index < -0.39 is 0 Å². The largest absolute Gasteiger partial charge is 0.396 e. The number of hydrogen-bond donors (Lipinski definition) is 3. The van der Waals surface area contributed by atoms with E-state index in [1.807, 2.05) is 11.3 Å². The summed E-state index contributed by atoms with van der Waals surface area (Å²) >= 11 is 1.90. The first-order valence-corrected chi connectivity index (χ1v) is 11.5. The van der Waals surface area contributed by atoms with E-state index in [9.17, 15) is 5.11 Å². The van der Waals surface area contributed by atoms with Crippen molar-refractivity contribution in [1.82, 2.24) is 15.5 Å². The van der Waals surface area contributed by atoms with Gasteiger partial charge in [-0.1, -0.05) is 19.3 Å². The third-order valence-electron chi connectivity index (χ3n) is 6.08. The van der Waals surface area contributed by atoms with E-state index in [0.29, 0.717) is 0 Å². The lowest BCUT2D eigenvalue weighted by atomic mass is 9.72. The Labute approximate surface area is 191 Å². The van der Waals surface area contributed by atoms with Crippen LogP contribution in [0.1, 0.15) is 55.9 Å². The molecule has 0 radical (unpaired) electrons. The van der Waals surface area contributed by atoms with Crippen LogP contribution in [-0.4, -0.2) is 55.3 Å². The van der Waals surface area contributed by atoms with E-state index in [4.69, 9.17) is 4.99 Å². The molecule has 0 amide bonds. The summed E-state index contributed by atoms with van der Waals surface area (Å²) in [4.78, 5) is 9.00. The Balaban J connectivity index is 0.00000280. The number of nitrogens with one attached hydrogen (secondary N) is 2. The Morgan fingerprint density at radius 2 is 2.11 bits per heavy atom. The zero-order valence-corrected chi connectivity index (χ0v) is 20.4. The van der Waals surface area contributed by atoms with Gasteiger partial charge in [-0.3, -0.25) is 9.89 Å². The summed E-state index contributed by atoms with van der Waals surface area (Å²) in [6.07, 6.45) is 8.35. The summed E-state index contributed by atoms with van der Waals surface area (Å²) in [5.41, 5.74) is 1.72. The molecule has 1 aliphatic heterocycles. The van der Waals surface area contributed by atoms with Crippen molar-refractivity contribution >= 4 is 41.3 Å². The van der Waals surface area contributed by atoms with Gasteiger partial charge in [0.2, 0.25) is 0 Å². The van der Waals surface area contributed by atoms with Gasteiger partial charge < -0.3 is 15.7 Å². The molecule has 2 aliphatic rings. The highest BCUT2D eigenvalue weighted by atomic mass is 127. The summed E-state index contributed by atoms with van der Waals surface area (Å²) in [5, 5.41) is 18.6. The van der Waals surface area contributed by atoms with Crippen LogP contribution in [0.4, 0.5) is 0 Å². The number of rotatable bonds is 8. The van der Waals surface area contributed by atoms with Gasteiger partial charge in [-0.25, -0.2) is 0 Å². The lowest BCUT2D eigenvalue weighted by Gasteiger charge is -2.35. The summed E-state index contributed by atoms with van der Waals surface area (Å²) in [6, 6.07) is 2.27. The molecule has 1 aromatic heterocycles. The quantitative estimate of drug-likeness (QED) is 0.279. The summed E-state index contributed by atoms with van der Waals surface area (Å²) < 4.78 is 0. The first-order chi connectivity index (χ1) is 13.2. The van der Waals surface area contributed by atoms with Gasteiger partial charge in [-0.05, 0) is 55.0 Å². The fraction of sp³-hybridized carbons (Fsp3) is 0.762. The number of thiophene rings is 1. The minimum absolute atomic E-state index is 0. The lowest BCUT2D eigenvalue weighted by Crippen LogP contribution is -2.43. The molecule has 0 atom stereocenters. The third-order valence-corrected chi connectivity index (χ3v) is 7.10. The van der Waals surface area contributed by atoms with Crippen molar-refractivity contribution in [2.45, 2.75) is 58.4 Å². The van der Waals surface area contributed by atoms with Gasteiger partial charge in [-0.15, -0.1) is 35.3 Å². The van der Waals surface area contributed by atoms with Crippen LogP contribution < -0.4 is 10.6 Å². The minimum atomic E-state index is 0. The molecule has 3 rings (SSSR count). The van der Waals surface area contributed by atoms with Crippen LogP contribution in [0, 0.1) is 5.41 Å². The predicted molar refractivity (Wildman–Crippen MR) is 130 cm³/mol. The lowest BCUT2D eigenvalue weighted by molar-refractivity contribution is 0.137. The van der Waals surface area contributed by atoms with Crippen molar-refractivity contribution in [3.8, 4) is 0 Å². The second-order valence-electron chi connectivity index (χ2n) is 8.05. The number of fused-ring (bicyclic) bond motifs is 1. The first kappa shape index (κ1) is 23.9. The molecule has 0 spiro atoms. The molecule has 5 nitrogen and oxygen atoms in total. The Morgan fingerprint density at radius 1 is 1.29 bits per heavy atom. The maximum absolute atomic E-state index is 9.51. The minimum Gasteiger partial charge on any atom is -0.396 e. The van der Waals surface area contributed by atoms with E-state index in [0.717, 1.165) is 51.6 Å². The standard InChI is InChI=1S/C21H36N4OS.HI/c1-2-22-20(24-17-21(10-14-26)8-4-3-5-9-21)23-11-13-25-12-6-19-18(16-25)7-15-27-19;/h7,15,26H,2-6,8-14,16-17H2,1H3,(H2,22,23,24);1H. The second-order valence-corrected chi connectivity index (χ2v) is 9.05. The Hall–Kier alpha value is -0.380. The van der Waals surface area contributed by atoms with Crippen LogP contribution >= 0.6 is 35.3 Å². The Morgan fingerprint density at radius 3 is 2.86 bits per heavy atom. The van der Waals surface area contributed by atoms with Gasteiger partial charge in [-0.2, -0.15) is 0 Å². The normalized spacial score (nSPS) is 19.6. The molecule has 0 bridgehead atoms. The fourth-order valence-corrected chi connectivity index (χ4v) is 5.33. The van der Waals surface area contributed by atoms with Crippen molar-refractivity contribution in [3.05, 3.63) is 21.9 Å². The van der Waals surface area contributed by atoms with Crippen LogP contribution in [0.3, 0.4) is 0 Å². The van der Waals surface area contributed by atoms with E-state index >= 15 is 0 Å². The van der Waals surface area contributed by atoms with Gasteiger partial charge in [0, 0.05) is 50.8 Å². The molecule has 160 valence electrons. The van der Waals surface area contributed by atoms with Gasteiger partial charge >= 0.3 is 0 Å². The van der Waals surface area contributed by atoms with E-state index in [1.54, 1.807) is 4.88 Å². The molecule has 1 aliphatic carbocycles. The second kappa shape index (κ2) is 12.3. The van der Waals surface area contributed by atoms with E-state index in [-0.39, 0.29) is 36.0 Å². The molecule has 0 unspecified atom stereocenters. The smallest absolute Gasteiger partial charge is 0.191 e. The first-order valence-electron chi connectivity index (χ1n) is 10.7. The molecule has 1 fully saturated rings. The van der Waals surface area contributed by atoms with Crippen LogP contribution in [0.5, 0.6) is 0 Å². The van der Waals surface area contributed by atoms with Crippen molar-refractivity contribution in [3.63, 3.8) is 0 Å². The van der Waals surface area contributed by atoms with Crippen molar-refractivity contribution in [2.24, 2.45) is 10.4 Å². The van der Waals surface area contributed by atoms with Crippen LogP contribution in [0.25, 0.3) is 0 Å². The molecule has 0 saturated heterocycles. The zero-order chi connectivity index (χ0) is 19.0. The van der Waals surface area contributed by atoms with Crippen molar-refractivity contribution in [1.29, 1.82) is 0 Å². The van der Waals surface area contributed by atoms with Crippen LogP contribution in [0.2, 0.25) is 0 Å². The molecule has 1 saturated carbocycles. The predicted octanol–water partition coefficient (Wildman–Crippen LogP) is 3.61. The van der Waals surface area contributed by atoms with Crippen molar-refractivity contribution < 1.29 is 5.11 Å². The number of aliphatic hydroxyl groups is 1. The van der Waals surface area contributed by atoms with Crippen LogP contribution in [0.15, 0.2) is 16.4 Å². The molecule has 3 N–H and O–H groups in total. The highest BCUT2D eigenvalue weighted by Crippen LogP contribution is 2.39. The van der Waals surface area contributed by atoms with Crippen LogP contribution in [-0.2, 0) is 13.0 Å². The van der Waals surface area contributed by atoms with E-state index in [1.165, 1.54) is 44.1 Å². The summed E-state index contributed by atoms with van der Waals surface area (Å²) in [7, 11) is 0. The Bertz CT molecular complexity index is 595. The molecule has 28 heavy (non-hydrogen) atoms. The molecular formula is C21H37IN4OS. The number of halogens is 1. The third kappa shape index (κ3) is 6.85. The number of hydrogen-bond acceptors (Lipinski definition) is 4. The molecule has 1 aromatic rings. The fourth-order valence-electron chi connectivity index (χ4n) is 4.44. The molecule has 2 heterocycles. The summed E-state index contributed by atoms with van der Waals surface area (Å²) in [5.74, 6) is 0.925.